The molecule has 250 valence electrons. The van der Waals surface area contributed by atoms with E-state index in [1.165, 1.54) is 6.07 Å². The van der Waals surface area contributed by atoms with Gasteiger partial charge in [-0.1, -0.05) is 48.5 Å². The van der Waals surface area contributed by atoms with Crippen LogP contribution in [0, 0.1) is 13.8 Å². The summed E-state index contributed by atoms with van der Waals surface area (Å²) in [5.41, 5.74) is 11.7. The number of aromatic carboxylic acids is 1. The van der Waals surface area contributed by atoms with E-state index in [1.807, 2.05) is 67.8 Å². The molecule has 5 aromatic rings. The second kappa shape index (κ2) is 14.8. The highest BCUT2D eigenvalue weighted by Gasteiger charge is 2.28. The summed E-state index contributed by atoms with van der Waals surface area (Å²) in [5.74, 6) is -1.44. The third kappa shape index (κ3) is 7.25. The average molecular weight is 675 g/mol. The lowest BCUT2D eigenvalue weighted by Gasteiger charge is -2.19. The third-order valence-electron chi connectivity index (χ3n) is 8.72. The lowest BCUT2D eigenvalue weighted by molar-refractivity contribution is 0.0690. The predicted octanol–water partition coefficient (Wildman–Crippen LogP) is 7.36. The Labute approximate surface area is 289 Å². The summed E-state index contributed by atoms with van der Waals surface area (Å²) in [4.78, 5) is 46.7. The number of hydrogen-bond donors (Lipinski definition) is 3. The quantitative estimate of drug-likeness (QED) is 0.171. The summed E-state index contributed by atoms with van der Waals surface area (Å²) < 4.78 is 6.13. The molecule has 2 aliphatic rings. The van der Waals surface area contributed by atoms with Crippen molar-refractivity contribution in [1.82, 2.24) is 9.88 Å². The minimum atomic E-state index is -1.29. The molecule has 2 amide bonds. The number of aromatic nitrogens is 1. The van der Waals surface area contributed by atoms with Crippen LogP contribution in [0.25, 0.3) is 21.6 Å². The van der Waals surface area contributed by atoms with Crippen molar-refractivity contribution in [1.29, 1.82) is 0 Å². The van der Waals surface area contributed by atoms with Crippen molar-refractivity contribution in [2.45, 2.75) is 39.7 Å². The first-order valence-corrected chi connectivity index (χ1v) is 17.2. The molecule has 0 unspecified atom stereocenters. The molecule has 4 heterocycles. The minimum absolute atomic E-state index is 0.0644. The SMILES string of the molecule is Cc1cc(CN)cc(C)c1NC(=O)c1cc2c(cc1-c1ccc(C(=O)N3CCCC3)nc1C(=O)O)OCCc1ccsc1-2.c1ccccc1. The summed E-state index contributed by atoms with van der Waals surface area (Å²) in [6.07, 6.45) is 2.53. The molecule has 49 heavy (non-hydrogen) atoms. The van der Waals surface area contributed by atoms with E-state index in [9.17, 15) is 19.5 Å². The van der Waals surface area contributed by atoms with Crippen molar-refractivity contribution in [2.24, 2.45) is 5.73 Å². The van der Waals surface area contributed by atoms with E-state index < -0.39 is 11.9 Å². The maximum absolute atomic E-state index is 14.1. The van der Waals surface area contributed by atoms with Crippen LogP contribution in [0.1, 0.15) is 66.4 Å². The Balaban J connectivity index is 0.000000628. The first-order valence-electron chi connectivity index (χ1n) is 16.3. The van der Waals surface area contributed by atoms with Gasteiger partial charge in [-0.15, -0.1) is 11.3 Å². The Morgan fingerprint density at radius 3 is 2.22 bits per heavy atom. The number of carboxylic acids is 1. The summed E-state index contributed by atoms with van der Waals surface area (Å²) >= 11 is 1.57. The molecule has 9 nitrogen and oxygen atoms in total. The van der Waals surface area contributed by atoms with E-state index in [-0.39, 0.29) is 28.4 Å². The zero-order valence-electron chi connectivity index (χ0n) is 27.5. The van der Waals surface area contributed by atoms with Crippen molar-refractivity contribution >= 4 is 34.8 Å². The number of nitrogens with two attached hydrogens (primary N) is 1. The number of aryl methyl sites for hydroxylation is 2. The molecular formula is C39H38N4O5S. The largest absolute Gasteiger partial charge is 0.493 e. The number of thiophene rings is 1. The molecule has 2 aromatic heterocycles. The number of ether oxygens (including phenoxy) is 1. The molecule has 10 heteroatoms. The molecule has 4 N–H and O–H groups in total. The fourth-order valence-electron chi connectivity index (χ4n) is 6.30. The van der Waals surface area contributed by atoms with Gasteiger partial charge in [-0.3, -0.25) is 9.59 Å². The first kappa shape index (κ1) is 33.6. The molecule has 0 bridgehead atoms. The number of carbonyl (C=O) groups excluding carboxylic acids is 2. The van der Waals surface area contributed by atoms with E-state index >= 15 is 0 Å². The van der Waals surface area contributed by atoms with Crippen LogP contribution in [0.15, 0.2) is 84.2 Å². The molecule has 0 spiro atoms. The zero-order valence-corrected chi connectivity index (χ0v) is 28.3. The van der Waals surface area contributed by atoms with Gasteiger partial charge < -0.3 is 25.8 Å². The van der Waals surface area contributed by atoms with E-state index in [0.717, 1.165) is 45.5 Å². The number of carboxylic acid groups (broad SMARTS) is 1. The number of rotatable bonds is 6. The molecule has 0 saturated carbocycles. The molecule has 1 fully saturated rings. The lowest BCUT2D eigenvalue weighted by Crippen LogP contribution is -2.29. The summed E-state index contributed by atoms with van der Waals surface area (Å²) in [5, 5.41) is 15.3. The number of anilines is 1. The van der Waals surface area contributed by atoms with Gasteiger partial charge in [-0.25, -0.2) is 9.78 Å². The molecule has 1 saturated heterocycles. The van der Waals surface area contributed by atoms with E-state index in [1.54, 1.807) is 34.4 Å². The number of pyridine rings is 1. The number of fused-ring (bicyclic) bond motifs is 3. The monoisotopic (exact) mass is 674 g/mol. The third-order valence-corrected chi connectivity index (χ3v) is 9.71. The van der Waals surface area contributed by atoms with Gasteiger partial charge in [-0.2, -0.15) is 0 Å². The van der Waals surface area contributed by atoms with Gasteiger partial charge in [0.1, 0.15) is 11.4 Å². The van der Waals surface area contributed by atoms with Crippen LogP contribution in [0.2, 0.25) is 0 Å². The van der Waals surface area contributed by atoms with Crippen LogP contribution in [-0.2, 0) is 13.0 Å². The van der Waals surface area contributed by atoms with Gasteiger partial charge in [0.2, 0.25) is 0 Å². The van der Waals surface area contributed by atoms with Gasteiger partial charge in [0.15, 0.2) is 5.69 Å². The second-order valence-electron chi connectivity index (χ2n) is 12.1. The van der Waals surface area contributed by atoms with Crippen molar-refractivity contribution in [3.05, 3.63) is 123 Å². The van der Waals surface area contributed by atoms with Crippen molar-refractivity contribution in [2.75, 3.05) is 25.0 Å². The highest BCUT2D eigenvalue weighted by Crippen LogP contribution is 2.43. The molecule has 7 rings (SSSR count). The highest BCUT2D eigenvalue weighted by molar-refractivity contribution is 7.13. The Morgan fingerprint density at radius 2 is 1.59 bits per heavy atom. The van der Waals surface area contributed by atoms with E-state index in [2.05, 4.69) is 16.4 Å². The van der Waals surface area contributed by atoms with Crippen LogP contribution in [0.5, 0.6) is 5.75 Å². The Bertz CT molecular complexity index is 1970. The number of likely N-dealkylation sites (tertiary alicyclic amines) is 1. The number of nitrogens with one attached hydrogen (secondary N) is 1. The Kier molecular flexibility index (Phi) is 10.2. The molecule has 2 aliphatic heterocycles. The Morgan fingerprint density at radius 1 is 0.918 bits per heavy atom. The van der Waals surface area contributed by atoms with Gasteiger partial charge in [0.25, 0.3) is 11.8 Å². The predicted molar refractivity (Wildman–Crippen MR) is 192 cm³/mol. The number of hydrogen-bond acceptors (Lipinski definition) is 7. The summed E-state index contributed by atoms with van der Waals surface area (Å²) in [7, 11) is 0. The fourth-order valence-corrected chi connectivity index (χ4v) is 7.28. The standard InChI is InChI=1S/C33H32N4O5S.C6H6/c1-18-13-20(17-34)14-19(2)28(18)36-31(38)24-15-25-27(42-11-7-21-8-12-43-30(21)25)16-23(24)22-5-6-26(35-29(22)33(40)41)32(39)37-9-3-4-10-37;1-2-4-6-5-3-1/h5-6,8,12-16H,3-4,7,9-11,17,34H2,1-2H3,(H,36,38)(H,40,41);1-6H. The van der Waals surface area contributed by atoms with E-state index in [4.69, 9.17) is 10.5 Å². The van der Waals surface area contributed by atoms with Gasteiger partial charge in [0, 0.05) is 58.9 Å². The number of carbonyl (C=O) groups is 3. The summed E-state index contributed by atoms with van der Waals surface area (Å²) in [6.45, 7) is 5.89. The molecule has 0 radical (unpaired) electrons. The van der Waals surface area contributed by atoms with Crippen LogP contribution in [0.4, 0.5) is 5.69 Å². The van der Waals surface area contributed by atoms with Crippen LogP contribution >= 0.6 is 11.3 Å². The Hall–Kier alpha value is -5.32. The maximum Gasteiger partial charge on any atom is 0.355 e. The molecule has 3 aromatic carbocycles. The molecular weight excluding hydrogens is 637 g/mol. The second-order valence-corrected chi connectivity index (χ2v) is 13.0. The van der Waals surface area contributed by atoms with Gasteiger partial charge in [0.05, 0.1) is 6.61 Å². The fraction of sp³-hybridized carbons (Fsp3) is 0.231. The minimum Gasteiger partial charge on any atom is -0.493 e. The number of amides is 2. The van der Waals surface area contributed by atoms with Crippen molar-refractivity contribution < 1.29 is 24.2 Å². The maximum atomic E-state index is 14.1. The molecule has 0 aliphatic carbocycles. The van der Waals surface area contributed by atoms with Crippen LogP contribution in [0.3, 0.4) is 0 Å². The van der Waals surface area contributed by atoms with Gasteiger partial charge in [-0.05, 0) is 84.7 Å². The topological polar surface area (TPSA) is 135 Å². The van der Waals surface area contributed by atoms with E-state index in [0.29, 0.717) is 49.7 Å². The van der Waals surface area contributed by atoms with Crippen LogP contribution in [-0.4, -0.2) is 52.5 Å². The average Bonchev–Trinajstić information content (AvgIpc) is 3.80. The number of nitrogens with zero attached hydrogens (tertiary/aromatic N) is 2. The highest BCUT2D eigenvalue weighted by atomic mass is 32.1. The molecule has 0 atom stereocenters. The number of benzene rings is 3. The van der Waals surface area contributed by atoms with Crippen molar-refractivity contribution in [3.8, 4) is 27.3 Å². The first-order chi connectivity index (χ1) is 23.7. The zero-order chi connectivity index (χ0) is 34.5. The van der Waals surface area contributed by atoms with Crippen LogP contribution < -0.4 is 15.8 Å². The normalized spacial score (nSPS) is 13.2. The summed E-state index contributed by atoms with van der Waals surface area (Å²) in [6, 6.07) is 24.5. The van der Waals surface area contributed by atoms with Gasteiger partial charge >= 0.3 is 5.97 Å². The lowest BCUT2D eigenvalue weighted by atomic mass is 9.93. The van der Waals surface area contributed by atoms with Crippen molar-refractivity contribution in [3.63, 3.8) is 0 Å². The smallest absolute Gasteiger partial charge is 0.355 e.